The first kappa shape index (κ1) is 16.8. The minimum Gasteiger partial charge on any atom is -0.356 e. The summed E-state index contributed by atoms with van der Waals surface area (Å²) in [7, 11) is 0. The van der Waals surface area contributed by atoms with E-state index in [0.29, 0.717) is 6.42 Å². The van der Waals surface area contributed by atoms with Crippen molar-refractivity contribution in [2.24, 2.45) is 0 Å². The normalized spacial score (nSPS) is 12.7. The number of unbranched alkanes of at least 4 members (excludes halogenated alkanes) is 4. The molecule has 0 saturated heterocycles. The number of carbonyl (C=O) groups excluding carboxylic acids is 1. The third-order valence-electron chi connectivity index (χ3n) is 4.95. The van der Waals surface area contributed by atoms with Gasteiger partial charge in [0.2, 0.25) is 5.91 Å². The molecule has 2 heteroatoms. The molecule has 1 N–H and O–H groups in total. The molecular weight excluding hydrogens is 294 g/mol. The van der Waals surface area contributed by atoms with Crippen LogP contribution in [0.4, 0.5) is 0 Å². The van der Waals surface area contributed by atoms with Crippen molar-refractivity contribution in [1.82, 2.24) is 5.32 Å². The SMILES string of the molecule is CCCCCCCNC(=O)CC1c2ccccc2-c2ccccc21. The van der Waals surface area contributed by atoms with Crippen LogP contribution in [-0.2, 0) is 4.79 Å². The molecule has 2 nitrogen and oxygen atoms in total. The number of carbonyl (C=O) groups is 1. The monoisotopic (exact) mass is 321 g/mol. The lowest BCUT2D eigenvalue weighted by Gasteiger charge is -2.13. The average Bonchev–Trinajstić information content (AvgIpc) is 2.93. The molecule has 2 aromatic rings. The molecule has 0 bridgehead atoms. The highest BCUT2D eigenvalue weighted by Crippen LogP contribution is 2.45. The van der Waals surface area contributed by atoms with Gasteiger partial charge in [0.1, 0.15) is 0 Å². The van der Waals surface area contributed by atoms with Crippen LogP contribution in [0, 0.1) is 0 Å². The molecule has 1 aliphatic rings. The molecule has 0 spiro atoms. The third kappa shape index (κ3) is 3.69. The minimum atomic E-state index is 0.169. The molecule has 126 valence electrons. The van der Waals surface area contributed by atoms with Gasteiger partial charge in [-0.3, -0.25) is 4.79 Å². The maximum absolute atomic E-state index is 12.4. The molecule has 0 unspecified atom stereocenters. The smallest absolute Gasteiger partial charge is 0.220 e. The standard InChI is InChI=1S/C22H27NO/c1-2-3-4-5-10-15-23-22(24)16-21-19-13-8-6-11-17(19)18-12-7-9-14-20(18)21/h6-9,11-14,21H,2-5,10,15-16H2,1H3,(H,23,24). The maximum Gasteiger partial charge on any atom is 0.220 e. The van der Waals surface area contributed by atoms with E-state index in [-0.39, 0.29) is 11.8 Å². The molecule has 0 atom stereocenters. The Morgan fingerprint density at radius 1 is 0.875 bits per heavy atom. The quantitative estimate of drug-likeness (QED) is 0.659. The summed E-state index contributed by atoms with van der Waals surface area (Å²) < 4.78 is 0. The number of fused-ring (bicyclic) bond motifs is 3. The fourth-order valence-corrected chi connectivity index (χ4v) is 3.69. The molecule has 1 aliphatic carbocycles. The predicted octanol–water partition coefficient (Wildman–Crippen LogP) is 5.28. The number of benzene rings is 2. The lowest BCUT2D eigenvalue weighted by Crippen LogP contribution is -2.26. The van der Waals surface area contributed by atoms with E-state index in [1.54, 1.807) is 0 Å². The van der Waals surface area contributed by atoms with Crippen LogP contribution in [0.2, 0.25) is 0 Å². The van der Waals surface area contributed by atoms with Crippen LogP contribution in [0.25, 0.3) is 11.1 Å². The minimum absolute atomic E-state index is 0.169. The van der Waals surface area contributed by atoms with E-state index in [9.17, 15) is 4.79 Å². The van der Waals surface area contributed by atoms with Gasteiger partial charge >= 0.3 is 0 Å². The van der Waals surface area contributed by atoms with Crippen molar-refractivity contribution < 1.29 is 4.79 Å². The topological polar surface area (TPSA) is 29.1 Å². The Bertz CT molecular complexity index is 646. The van der Waals surface area contributed by atoms with Crippen molar-refractivity contribution in [2.45, 2.75) is 51.4 Å². The zero-order valence-corrected chi connectivity index (χ0v) is 14.6. The highest BCUT2D eigenvalue weighted by Gasteiger charge is 2.29. The lowest BCUT2D eigenvalue weighted by molar-refractivity contribution is -0.121. The summed E-state index contributed by atoms with van der Waals surface area (Å²) in [6.07, 6.45) is 6.67. The Morgan fingerprint density at radius 2 is 1.46 bits per heavy atom. The van der Waals surface area contributed by atoms with Crippen molar-refractivity contribution in [3.05, 3.63) is 59.7 Å². The number of amides is 1. The van der Waals surface area contributed by atoms with E-state index < -0.39 is 0 Å². The van der Waals surface area contributed by atoms with Crippen LogP contribution in [0.1, 0.15) is 62.5 Å². The van der Waals surface area contributed by atoms with Crippen molar-refractivity contribution in [3.8, 4) is 11.1 Å². The van der Waals surface area contributed by atoms with E-state index in [2.05, 4.69) is 60.8 Å². The highest BCUT2D eigenvalue weighted by molar-refractivity contribution is 5.84. The van der Waals surface area contributed by atoms with Crippen molar-refractivity contribution in [2.75, 3.05) is 6.54 Å². The first-order chi connectivity index (χ1) is 11.8. The number of hydrogen-bond acceptors (Lipinski definition) is 1. The van der Waals surface area contributed by atoms with Crippen molar-refractivity contribution in [1.29, 1.82) is 0 Å². The Hall–Kier alpha value is -2.09. The molecule has 1 amide bonds. The number of nitrogens with one attached hydrogen (secondary N) is 1. The van der Waals surface area contributed by atoms with E-state index in [1.165, 1.54) is 47.9 Å². The molecule has 0 aliphatic heterocycles. The van der Waals surface area contributed by atoms with Crippen LogP contribution in [0.15, 0.2) is 48.5 Å². The fraction of sp³-hybridized carbons (Fsp3) is 0.409. The van der Waals surface area contributed by atoms with Crippen LogP contribution in [0.3, 0.4) is 0 Å². The van der Waals surface area contributed by atoms with E-state index in [4.69, 9.17) is 0 Å². The van der Waals surface area contributed by atoms with Gasteiger partial charge in [-0.2, -0.15) is 0 Å². The summed E-state index contributed by atoms with van der Waals surface area (Å²) in [6.45, 7) is 3.03. The Morgan fingerprint density at radius 3 is 2.08 bits per heavy atom. The largest absolute Gasteiger partial charge is 0.356 e. The van der Waals surface area contributed by atoms with Crippen molar-refractivity contribution >= 4 is 5.91 Å². The summed E-state index contributed by atoms with van der Waals surface area (Å²) in [5.74, 6) is 0.361. The van der Waals surface area contributed by atoms with Crippen LogP contribution >= 0.6 is 0 Å². The van der Waals surface area contributed by atoms with Gasteiger partial charge in [-0.25, -0.2) is 0 Å². The van der Waals surface area contributed by atoms with Crippen LogP contribution in [0.5, 0.6) is 0 Å². The summed E-state index contributed by atoms with van der Waals surface area (Å²) in [4.78, 5) is 12.4. The van der Waals surface area contributed by atoms with E-state index >= 15 is 0 Å². The van der Waals surface area contributed by atoms with E-state index in [1.807, 2.05) is 0 Å². The Balaban J connectivity index is 1.60. The fourth-order valence-electron chi connectivity index (χ4n) is 3.69. The molecule has 0 heterocycles. The summed E-state index contributed by atoms with van der Waals surface area (Å²) in [6, 6.07) is 17.0. The first-order valence-corrected chi connectivity index (χ1v) is 9.26. The predicted molar refractivity (Wildman–Crippen MR) is 100 cm³/mol. The number of hydrogen-bond donors (Lipinski definition) is 1. The Labute approximate surface area is 145 Å². The van der Waals surface area contributed by atoms with E-state index in [0.717, 1.165) is 13.0 Å². The molecule has 0 fully saturated rings. The highest BCUT2D eigenvalue weighted by atomic mass is 16.1. The second-order valence-corrected chi connectivity index (χ2v) is 6.70. The van der Waals surface area contributed by atoms with Gasteiger partial charge in [-0.05, 0) is 28.7 Å². The van der Waals surface area contributed by atoms with Gasteiger partial charge in [-0.15, -0.1) is 0 Å². The van der Waals surface area contributed by atoms with Crippen molar-refractivity contribution in [3.63, 3.8) is 0 Å². The summed E-state index contributed by atoms with van der Waals surface area (Å²) >= 11 is 0. The molecule has 24 heavy (non-hydrogen) atoms. The second kappa shape index (κ2) is 8.14. The zero-order chi connectivity index (χ0) is 16.8. The number of rotatable bonds is 8. The first-order valence-electron chi connectivity index (χ1n) is 9.26. The van der Waals surface area contributed by atoms with Crippen LogP contribution < -0.4 is 5.32 Å². The molecule has 0 saturated carbocycles. The third-order valence-corrected chi connectivity index (χ3v) is 4.95. The Kier molecular flexibility index (Phi) is 5.68. The molecule has 3 rings (SSSR count). The van der Waals surface area contributed by atoms with Gasteiger partial charge in [-0.1, -0.05) is 81.1 Å². The lowest BCUT2D eigenvalue weighted by atomic mass is 9.93. The van der Waals surface area contributed by atoms with Gasteiger partial charge < -0.3 is 5.32 Å². The van der Waals surface area contributed by atoms with Gasteiger partial charge in [0.25, 0.3) is 0 Å². The van der Waals surface area contributed by atoms with Gasteiger partial charge in [0, 0.05) is 18.9 Å². The van der Waals surface area contributed by atoms with Gasteiger partial charge in [0.05, 0.1) is 0 Å². The second-order valence-electron chi connectivity index (χ2n) is 6.70. The zero-order valence-electron chi connectivity index (χ0n) is 14.6. The molecule has 0 radical (unpaired) electrons. The average molecular weight is 321 g/mol. The van der Waals surface area contributed by atoms with Crippen LogP contribution in [-0.4, -0.2) is 12.5 Å². The maximum atomic E-state index is 12.4. The molecular formula is C22H27NO. The summed E-state index contributed by atoms with van der Waals surface area (Å²) in [5.41, 5.74) is 5.14. The van der Waals surface area contributed by atoms with Gasteiger partial charge in [0.15, 0.2) is 0 Å². The summed E-state index contributed by atoms with van der Waals surface area (Å²) in [5, 5.41) is 3.11. The molecule has 2 aromatic carbocycles. The molecule has 0 aromatic heterocycles.